The summed E-state index contributed by atoms with van der Waals surface area (Å²) in [5, 5.41) is 17.8. The lowest BCUT2D eigenvalue weighted by molar-refractivity contribution is 0.0956. The van der Waals surface area contributed by atoms with Crippen molar-refractivity contribution in [3.05, 3.63) is 35.4 Å². The van der Waals surface area contributed by atoms with Gasteiger partial charge in [0.15, 0.2) is 0 Å². The van der Waals surface area contributed by atoms with Gasteiger partial charge in [0.2, 0.25) is 0 Å². The number of hydrogen-bond donors (Lipinski definition) is 2. The van der Waals surface area contributed by atoms with Gasteiger partial charge in [-0.3, -0.25) is 0 Å². The number of aliphatic hydroxyl groups excluding tert-OH is 2. The summed E-state index contributed by atoms with van der Waals surface area (Å²) >= 11 is 0. The summed E-state index contributed by atoms with van der Waals surface area (Å²) in [6, 6.07) is 7.45. The zero-order valence-electron chi connectivity index (χ0n) is 6.49. The molecule has 2 nitrogen and oxygen atoms in total. The van der Waals surface area contributed by atoms with Crippen LogP contribution in [0.4, 0.5) is 0 Å². The van der Waals surface area contributed by atoms with Crippen molar-refractivity contribution in [1.82, 2.24) is 0 Å². The van der Waals surface area contributed by atoms with Crippen molar-refractivity contribution < 1.29 is 10.2 Å². The van der Waals surface area contributed by atoms with E-state index in [1.54, 1.807) is 0 Å². The van der Waals surface area contributed by atoms with Crippen LogP contribution in [0.5, 0.6) is 0 Å². The molecule has 0 aliphatic rings. The standard InChI is InChI=1S/C9H12O2/c1-7-2-4-8(5-3-7)9(11)6-10/h2-5,9-11H,6H2,1H3/t9-/m1/s1. The molecule has 60 valence electrons. The zero-order chi connectivity index (χ0) is 8.27. The van der Waals surface area contributed by atoms with Gasteiger partial charge in [0, 0.05) is 0 Å². The van der Waals surface area contributed by atoms with Gasteiger partial charge in [-0.2, -0.15) is 0 Å². The maximum atomic E-state index is 9.17. The Hall–Kier alpha value is -0.860. The van der Waals surface area contributed by atoms with Crippen molar-refractivity contribution in [3.8, 4) is 0 Å². The summed E-state index contributed by atoms with van der Waals surface area (Å²) in [6.07, 6.45) is -0.740. The molecule has 1 aromatic carbocycles. The van der Waals surface area contributed by atoms with E-state index in [4.69, 9.17) is 5.11 Å². The van der Waals surface area contributed by atoms with Crippen molar-refractivity contribution in [1.29, 1.82) is 0 Å². The van der Waals surface area contributed by atoms with Crippen molar-refractivity contribution in [2.45, 2.75) is 13.0 Å². The van der Waals surface area contributed by atoms with Crippen molar-refractivity contribution in [2.75, 3.05) is 6.61 Å². The first-order valence-corrected chi connectivity index (χ1v) is 3.59. The number of aryl methyl sites for hydroxylation is 1. The second-order valence-corrected chi connectivity index (χ2v) is 2.61. The van der Waals surface area contributed by atoms with E-state index in [-0.39, 0.29) is 6.61 Å². The maximum absolute atomic E-state index is 9.17. The van der Waals surface area contributed by atoms with Crippen LogP contribution in [0.15, 0.2) is 24.3 Å². The first-order valence-electron chi connectivity index (χ1n) is 3.59. The molecule has 1 atom stereocenters. The Labute approximate surface area is 66.1 Å². The van der Waals surface area contributed by atoms with Gasteiger partial charge in [0.05, 0.1) is 6.61 Å². The fourth-order valence-corrected chi connectivity index (χ4v) is 0.894. The molecule has 0 spiro atoms. The van der Waals surface area contributed by atoms with E-state index in [0.717, 1.165) is 11.1 Å². The molecule has 0 saturated carbocycles. The van der Waals surface area contributed by atoms with Gasteiger partial charge in [-0.15, -0.1) is 0 Å². The Balaban J connectivity index is 2.81. The van der Waals surface area contributed by atoms with Crippen LogP contribution in [0, 0.1) is 6.92 Å². The predicted molar refractivity (Wildman–Crippen MR) is 43.2 cm³/mol. The van der Waals surface area contributed by atoms with Crippen LogP contribution in [0.2, 0.25) is 0 Å². The third-order valence-corrected chi connectivity index (χ3v) is 1.64. The molecule has 0 aliphatic heterocycles. The summed E-state index contributed by atoms with van der Waals surface area (Å²) in [6.45, 7) is 1.76. The van der Waals surface area contributed by atoms with Gasteiger partial charge in [-0.25, -0.2) is 0 Å². The minimum atomic E-state index is -0.740. The highest BCUT2D eigenvalue weighted by molar-refractivity contribution is 5.22. The molecule has 0 bridgehead atoms. The molecule has 0 unspecified atom stereocenters. The van der Waals surface area contributed by atoms with Crippen molar-refractivity contribution in [2.24, 2.45) is 0 Å². The number of hydrogen-bond acceptors (Lipinski definition) is 2. The normalized spacial score (nSPS) is 13.0. The fraction of sp³-hybridized carbons (Fsp3) is 0.333. The Kier molecular flexibility index (Phi) is 2.63. The summed E-state index contributed by atoms with van der Waals surface area (Å²) in [7, 11) is 0. The number of benzene rings is 1. The lowest BCUT2D eigenvalue weighted by Crippen LogP contribution is -2.01. The van der Waals surface area contributed by atoms with Gasteiger partial charge >= 0.3 is 0 Å². The molecule has 2 N–H and O–H groups in total. The second kappa shape index (κ2) is 3.51. The van der Waals surface area contributed by atoms with E-state index in [2.05, 4.69) is 0 Å². The van der Waals surface area contributed by atoms with E-state index in [1.807, 2.05) is 31.2 Å². The largest absolute Gasteiger partial charge is 0.393 e. The number of aliphatic hydroxyl groups is 2. The van der Waals surface area contributed by atoms with Crippen LogP contribution in [0.3, 0.4) is 0 Å². The summed E-state index contributed by atoms with van der Waals surface area (Å²) in [5.74, 6) is 0. The number of rotatable bonds is 2. The quantitative estimate of drug-likeness (QED) is 0.664. The fourth-order valence-electron chi connectivity index (χ4n) is 0.894. The topological polar surface area (TPSA) is 40.5 Å². The van der Waals surface area contributed by atoms with E-state index in [0.29, 0.717) is 0 Å². The molecule has 0 fully saturated rings. The molecule has 2 heteroatoms. The SMILES string of the molecule is Cc1ccc([C@H](O)CO)cc1. The first kappa shape index (κ1) is 8.24. The monoisotopic (exact) mass is 152 g/mol. The van der Waals surface area contributed by atoms with E-state index in [1.165, 1.54) is 0 Å². The van der Waals surface area contributed by atoms with Gasteiger partial charge in [-0.05, 0) is 12.5 Å². The third-order valence-electron chi connectivity index (χ3n) is 1.64. The van der Waals surface area contributed by atoms with Crippen molar-refractivity contribution >= 4 is 0 Å². The molecule has 0 heterocycles. The van der Waals surface area contributed by atoms with Gasteiger partial charge in [0.1, 0.15) is 6.10 Å². The lowest BCUT2D eigenvalue weighted by Gasteiger charge is -2.06. The third kappa shape index (κ3) is 2.03. The summed E-state index contributed by atoms with van der Waals surface area (Å²) in [4.78, 5) is 0. The average molecular weight is 152 g/mol. The van der Waals surface area contributed by atoms with Gasteiger partial charge in [0.25, 0.3) is 0 Å². The van der Waals surface area contributed by atoms with Gasteiger partial charge < -0.3 is 10.2 Å². The van der Waals surface area contributed by atoms with E-state index >= 15 is 0 Å². The molecule has 1 rings (SSSR count). The van der Waals surface area contributed by atoms with Crippen LogP contribution in [0.25, 0.3) is 0 Å². The van der Waals surface area contributed by atoms with E-state index in [9.17, 15) is 5.11 Å². The highest BCUT2D eigenvalue weighted by atomic mass is 16.3. The summed E-state index contributed by atoms with van der Waals surface area (Å²) < 4.78 is 0. The van der Waals surface area contributed by atoms with Crippen LogP contribution in [-0.4, -0.2) is 16.8 Å². The van der Waals surface area contributed by atoms with Crippen molar-refractivity contribution in [3.63, 3.8) is 0 Å². The first-order chi connectivity index (χ1) is 5.24. The van der Waals surface area contributed by atoms with E-state index < -0.39 is 6.10 Å². The molecular weight excluding hydrogens is 140 g/mol. The second-order valence-electron chi connectivity index (χ2n) is 2.61. The minimum Gasteiger partial charge on any atom is -0.393 e. The zero-order valence-corrected chi connectivity index (χ0v) is 6.49. The predicted octanol–water partition coefficient (Wildman–Crippen LogP) is 1.02. The lowest BCUT2D eigenvalue weighted by atomic mass is 10.1. The molecule has 0 aromatic heterocycles. The smallest absolute Gasteiger partial charge is 0.102 e. The van der Waals surface area contributed by atoms with Gasteiger partial charge in [-0.1, -0.05) is 29.8 Å². The Morgan fingerprint density at radius 2 is 1.82 bits per heavy atom. The van der Waals surface area contributed by atoms with Crippen LogP contribution in [0.1, 0.15) is 17.2 Å². The highest BCUT2D eigenvalue weighted by Gasteiger charge is 2.03. The molecule has 0 radical (unpaired) electrons. The Bertz CT molecular complexity index is 216. The molecule has 0 amide bonds. The Morgan fingerprint density at radius 1 is 1.27 bits per heavy atom. The summed E-state index contributed by atoms with van der Waals surface area (Å²) in [5.41, 5.74) is 1.91. The Morgan fingerprint density at radius 3 is 2.27 bits per heavy atom. The highest BCUT2D eigenvalue weighted by Crippen LogP contribution is 2.11. The molecular formula is C9H12O2. The van der Waals surface area contributed by atoms with Crippen LogP contribution in [-0.2, 0) is 0 Å². The molecule has 0 saturated heterocycles. The molecule has 1 aromatic rings. The maximum Gasteiger partial charge on any atom is 0.102 e. The average Bonchev–Trinajstić information content (AvgIpc) is 2.05. The van der Waals surface area contributed by atoms with Crippen LogP contribution < -0.4 is 0 Å². The van der Waals surface area contributed by atoms with Crippen LogP contribution >= 0.6 is 0 Å². The minimum absolute atomic E-state index is 0.219. The molecule has 0 aliphatic carbocycles. The molecule has 11 heavy (non-hydrogen) atoms.